The number of ether oxygens (including phenoxy) is 1. The molecule has 0 N–H and O–H groups in total. The second-order valence-electron chi connectivity index (χ2n) is 5.75. The highest BCUT2D eigenvalue weighted by atomic mass is 16.5. The van der Waals surface area contributed by atoms with Crippen molar-refractivity contribution in [2.75, 3.05) is 20.2 Å². The van der Waals surface area contributed by atoms with Crippen LogP contribution in [0.15, 0.2) is 16.5 Å². The summed E-state index contributed by atoms with van der Waals surface area (Å²) in [7, 11) is 1.36. The molecule has 1 unspecified atom stereocenters. The molecule has 0 spiro atoms. The topological polar surface area (TPSA) is 42.7 Å². The quantitative estimate of drug-likeness (QED) is 0.775. The van der Waals surface area contributed by atoms with E-state index in [-0.39, 0.29) is 11.8 Å². The zero-order valence-corrected chi connectivity index (χ0v) is 11.5. The minimum atomic E-state index is -0.421. The van der Waals surface area contributed by atoms with E-state index in [1.165, 1.54) is 13.5 Å². The number of esters is 1. The zero-order valence-electron chi connectivity index (χ0n) is 11.5. The van der Waals surface area contributed by atoms with Crippen LogP contribution in [0, 0.1) is 5.41 Å². The lowest BCUT2D eigenvalue weighted by atomic mass is 9.93. The molecule has 0 aliphatic carbocycles. The van der Waals surface area contributed by atoms with Crippen LogP contribution in [0.25, 0.3) is 0 Å². The molecular formula is C14H21NO3. The monoisotopic (exact) mass is 251 g/mol. The van der Waals surface area contributed by atoms with Crippen molar-refractivity contribution in [3.63, 3.8) is 0 Å². The van der Waals surface area contributed by atoms with Gasteiger partial charge in [-0.15, -0.1) is 0 Å². The van der Waals surface area contributed by atoms with Crippen molar-refractivity contribution in [2.45, 2.75) is 33.2 Å². The Morgan fingerprint density at radius 1 is 1.50 bits per heavy atom. The molecular weight excluding hydrogens is 230 g/mol. The summed E-state index contributed by atoms with van der Waals surface area (Å²) >= 11 is 0. The molecule has 1 aromatic heterocycles. The van der Waals surface area contributed by atoms with E-state index in [4.69, 9.17) is 4.42 Å². The highest BCUT2D eigenvalue weighted by Crippen LogP contribution is 2.34. The fourth-order valence-electron chi connectivity index (χ4n) is 2.45. The maximum Gasteiger partial charge on any atom is 0.373 e. The van der Waals surface area contributed by atoms with Gasteiger partial charge < -0.3 is 9.15 Å². The molecule has 1 saturated heterocycles. The van der Waals surface area contributed by atoms with Crippen LogP contribution in [-0.4, -0.2) is 31.1 Å². The van der Waals surface area contributed by atoms with E-state index in [2.05, 4.69) is 30.4 Å². The Labute approximate surface area is 108 Å². The van der Waals surface area contributed by atoms with E-state index in [1.54, 1.807) is 6.07 Å². The van der Waals surface area contributed by atoms with Crippen LogP contribution in [0.4, 0.5) is 0 Å². The summed E-state index contributed by atoms with van der Waals surface area (Å²) in [5, 5.41) is 0. The standard InChI is InChI=1S/C14H21NO3/c1-10(15-8-7-14(2,3)9-15)11-5-6-12(18-11)13(16)17-4/h5-6,10H,7-9H2,1-4H3. The Kier molecular flexibility index (Phi) is 3.48. The minimum Gasteiger partial charge on any atom is -0.463 e. The Bertz CT molecular complexity index is 436. The van der Waals surface area contributed by atoms with Crippen molar-refractivity contribution in [1.29, 1.82) is 0 Å². The molecule has 1 aromatic rings. The molecule has 1 aliphatic rings. The molecule has 0 bridgehead atoms. The normalized spacial score (nSPS) is 20.9. The predicted octanol–water partition coefficient (Wildman–Crippen LogP) is 2.86. The highest BCUT2D eigenvalue weighted by Gasteiger charge is 2.33. The number of likely N-dealkylation sites (tertiary alicyclic amines) is 1. The van der Waals surface area contributed by atoms with Gasteiger partial charge in [-0.2, -0.15) is 0 Å². The fourth-order valence-corrected chi connectivity index (χ4v) is 2.45. The molecule has 1 atom stereocenters. The number of carbonyl (C=O) groups is 1. The summed E-state index contributed by atoms with van der Waals surface area (Å²) in [6.45, 7) is 8.80. The Balaban J connectivity index is 2.08. The molecule has 4 heteroatoms. The summed E-state index contributed by atoms with van der Waals surface area (Å²) in [4.78, 5) is 13.7. The van der Waals surface area contributed by atoms with Gasteiger partial charge >= 0.3 is 5.97 Å². The smallest absolute Gasteiger partial charge is 0.373 e. The van der Waals surface area contributed by atoms with Crippen molar-refractivity contribution in [1.82, 2.24) is 4.90 Å². The van der Waals surface area contributed by atoms with E-state index in [0.717, 1.165) is 18.8 Å². The first-order chi connectivity index (χ1) is 8.43. The van der Waals surface area contributed by atoms with Gasteiger partial charge in [0.1, 0.15) is 5.76 Å². The minimum absolute atomic E-state index is 0.199. The molecule has 100 valence electrons. The van der Waals surface area contributed by atoms with E-state index >= 15 is 0 Å². The summed E-state index contributed by atoms with van der Waals surface area (Å²) in [6.07, 6.45) is 1.20. The van der Waals surface area contributed by atoms with Gasteiger partial charge in [0, 0.05) is 6.54 Å². The number of rotatable bonds is 3. The number of furan rings is 1. The highest BCUT2D eigenvalue weighted by molar-refractivity contribution is 5.86. The van der Waals surface area contributed by atoms with Gasteiger partial charge in [-0.05, 0) is 37.4 Å². The number of carbonyl (C=O) groups excluding carboxylic acids is 1. The van der Waals surface area contributed by atoms with Gasteiger partial charge in [-0.3, -0.25) is 4.90 Å². The molecule has 0 amide bonds. The summed E-state index contributed by atoms with van der Waals surface area (Å²) < 4.78 is 10.2. The van der Waals surface area contributed by atoms with Crippen molar-refractivity contribution >= 4 is 5.97 Å². The van der Waals surface area contributed by atoms with Gasteiger partial charge in [0.2, 0.25) is 5.76 Å². The van der Waals surface area contributed by atoms with Crippen molar-refractivity contribution in [2.24, 2.45) is 5.41 Å². The lowest BCUT2D eigenvalue weighted by Crippen LogP contribution is -2.26. The third-order valence-corrected chi connectivity index (χ3v) is 3.68. The molecule has 1 fully saturated rings. The Morgan fingerprint density at radius 3 is 2.78 bits per heavy atom. The van der Waals surface area contributed by atoms with Crippen LogP contribution in [-0.2, 0) is 4.74 Å². The number of nitrogens with zero attached hydrogens (tertiary/aromatic N) is 1. The molecule has 1 aliphatic heterocycles. The molecule has 2 rings (SSSR count). The molecule has 18 heavy (non-hydrogen) atoms. The Hall–Kier alpha value is -1.29. The van der Waals surface area contributed by atoms with Gasteiger partial charge in [0.15, 0.2) is 0 Å². The van der Waals surface area contributed by atoms with E-state index < -0.39 is 5.97 Å². The largest absolute Gasteiger partial charge is 0.463 e. The van der Waals surface area contributed by atoms with Crippen LogP contribution < -0.4 is 0 Å². The van der Waals surface area contributed by atoms with Crippen LogP contribution >= 0.6 is 0 Å². The number of hydrogen-bond acceptors (Lipinski definition) is 4. The first-order valence-electron chi connectivity index (χ1n) is 6.35. The first-order valence-corrected chi connectivity index (χ1v) is 6.35. The zero-order chi connectivity index (χ0) is 13.3. The van der Waals surface area contributed by atoms with Gasteiger partial charge in [0.25, 0.3) is 0 Å². The fraction of sp³-hybridized carbons (Fsp3) is 0.643. The van der Waals surface area contributed by atoms with Crippen LogP contribution in [0.1, 0.15) is 49.5 Å². The van der Waals surface area contributed by atoms with Crippen LogP contribution in [0.5, 0.6) is 0 Å². The number of methoxy groups -OCH3 is 1. The van der Waals surface area contributed by atoms with Crippen molar-refractivity contribution in [3.05, 3.63) is 23.7 Å². The average molecular weight is 251 g/mol. The van der Waals surface area contributed by atoms with Gasteiger partial charge in [0.05, 0.1) is 13.2 Å². The summed E-state index contributed by atoms with van der Waals surface area (Å²) in [6, 6.07) is 3.74. The lowest BCUT2D eigenvalue weighted by Gasteiger charge is -2.24. The first kappa shape index (κ1) is 13.1. The maximum absolute atomic E-state index is 11.3. The van der Waals surface area contributed by atoms with Crippen molar-refractivity contribution < 1.29 is 13.9 Å². The van der Waals surface area contributed by atoms with Crippen LogP contribution in [0.3, 0.4) is 0 Å². The molecule has 4 nitrogen and oxygen atoms in total. The maximum atomic E-state index is 11.3. The number of hydrogen-bond donors (Lipinski definition) is 0. The SMILES string of the molecule is COC(=O)c1ccc(C(C)N2CCC(C)(C)C2)o1. The summed E-state index contributed by atoms with van der Waals surface area (Å²) in [5.74, 6) is 0.682. The predicted molar refractivity (Wildman–Crippen MR) is 68.4 cm³/mol. The second kappa shape index (κ2) is 4.76. The second-order valence-corrected chi connectivity index (χ2v) is 5.75. The van der Waals surface area contributed by atoms with Gasteiger partial charge in [-0.25, -0.2) is 4.79 Å². The third-order valence-electron chi connectivity index (χ3n) is 3.68. The average Bonchev–Trinajstić information content (AvgIpc) is 2.93. The van der Waals surface area contributed by atoms with Gasteiger partial charge in [-0.1, -0.05) is 13.8 Å². The summed E-state index contributed by atoms with van der Waals surface area (Å²) in [5.41, 5.74) is 0.367. The van der Waals surface area contributed by atoms with Crippen LogP contribution in [0.2, 0.25) is 0 Å². The molecule has 0 saturated carbocycles. The Morgan fingerprint density at radius 2 is 2.22 bits per heavy atom. The van der Waals surface area contributed by atoms with E-state index in [9.17, 15) is 4.79 Å². The molecule has 0 radical (unpaired) electrons. The lowest BCUT2D eigenvalue weighted by molar-refractivity contribution is 0.0559. The van der Waals surface area contributed by atoms with E-state index in [0.29, 0.717) is 5.41 Å². The van der Waals surface area contributed by atoms with E-state index in [1.807, 2.05) is 6.07 Å². The van der Waals surface area contributed by atoms with Crippen molar-refractivity contribution in [3.8, 4) is 0 Å². The molecule has 2 heterocycles. The molecule has 0 aromatic carbocycles. The third kappa shape index (κ3) is 2.58.